The molecule has 6 unspecified atom stereocenters. The zero-order chi connectivity index (χ0) is 41.9. The van der Waals surface area contributed by atoms with E-state index in [1.807, 2.05) is 50.3 Å². The number of ketones is 1. The Balaban J connectivity index is 1.03. The molecule has 0 spiro atoms. The van der Waals surface area contributed by atoms with E-state index in [0.717, 1.165) is 31.7 Å². The van der Waals surface area contributed by atoms with Crippen LogP contribution in [0.5, 0.6) is 5.75 Å². The van der Waals surface area contributed by atoms with Gasteiger partial charge >= 0.3 is 0 Å². The van der Waals surface area contributed by atoms with Crippen LogP contribution in [-0.4, -0.2) is 44.3 Å². The number of carbonyl (C=O) groups excluding carboxylic acids is 5. The van der Waals surface area contributed by atoms with Crippen molar-refractivity contribution in [3.05, 3.63) is 142 Å². The summed E-state index contributed by atoms with van der Waals surface area (Å²) in [6.45, 7) is 5.64. The van der Waals surface area contributed by atoms with E-state index in [4.69, 9.17) is 16.7 Å². The van der Waals surface area contributed by atoms with Crippen LogP contribution in [0.25, 0.3) is 20.7 Å². The third kappa shape index (κ3) is 5.44. The first-order valence-corrected chi connectivity index (χ1v) is 21.2. The average molecular weight is 835 g/mol. The lowest BCUT2D eigenvalue weighted by Crippen LogP contribution is -2.49. The van der Waals surface area contributed by atoms with Crippen LogP contribution in [-0.2, 0) is 26.2 Å². The van der Waals surface area contributed by atoms with Gasteiger partial charge in [0.25, 0.3) is 0 Å². The number of aryl methyl sites for hydroxylation is 3. The third-order valence-electron chi connectivity index (χ3n) is 13.5. The first kappa shape index (κ1) is 38.1. The predicted octanol–water partition coefficient (Wildman–Crippen LogP) is 8.94. The number of thiophene rings is 1. The fraction of sp³-hybridized carbons (Fsp3) is 0.250. The summed E-state index contributed by atoms with van der Waals surface area (Å²) in [5.41, 5.74) is 3.90. The Morgan fingerprint density at radius 2 is 1.58 bits per heavy atom. The summed E-state index contributed by atoms with van der Waals surface area (Å²) >= 11 is 7.90. The number of hydrogen-bond donors (Lipinski definition) is 1. The summed E-state index contributed by atoms with van der Waals surface area (Å²) < 4.78 is 2.61. The fourth-order valence-electron chi connectivity index (χ4n) is 10.5. The molecule has 0 bridgehead atoms. The molecular weight excluding hydrogens is 796 g/mol. The van der Waals surface area contributed by atoms with E-state index in [-0.39, 0.29) is 48.0 Å². The average Bonchev–Trinajstić information content (AvgIpc) is 3.92. The van der Waals surface area contributed by atoms with Crippen LogP contribution in [0.4, 0.5) is 11.5 Å². The molecule has 2 aliphatic carbocycles. The largest absolute Gasteiger partial charge is 0.508 e. The van der Waals surface area contributed by atoms with Crippen LogP contribution in [0, 0.1) is 42.9 Å². The van der Waals surface area contributed by atoms with Crippen LogP contribution in [0.2, 0.25) is 5.02 Å². The smallest absolute Gasteiger partial charge is 0.242 e. The Morgan fingerprint density at radius 3 is 2.32 bits per heavy atom. The van der Waals surface area contributed by atoms with Gasteiger partial charge in [-0.15, -0.1) is 11.3 Å². The lowest BCUT2D eigenvalue weighted by molar-refractivity contribution is -0.131. The van der Waals surface area contributed by atoms with Gasteiger partial charge in [-0.2, -0.15) is 5.10 Å². The summed E-state index contributed by atoms with van der Waals surface area (Å²) in [5, 5.41) is 17.0. The predicted molar refractivity (Wildman–Crippen MR) is 230 cm³/mol. The maximum Gasteiger partial charge on any atom is 0.242 e. The molecule has 2 aromatic heterocycles. The number of rotatable bonds is 6. The minimum atomic E-state index is -1.27. The van der Waals surface area contributed by atoms with Gasteiger partial charge in [-0.3, -0.25) is 33.6 Å². The van der Waals surface area contributed by atoms with Gasteiger partial charge in [-0.05, 0) is 110 Å². The van der Waals surface area contributed by atoms with Gasteiger partial charge in [0, 0.05) is 39.9 Å². The van der Waals surface area contributed by atoms with Crippen molar-refractivity contribution in [2.24, 2.45) is 36.1 Å². The number of allylic oxidation sites excluding steroid dienone is 2. The van der Waals surface area contributed by atoms with E-state index in [1.165, 1.54) is 9.80 Å². The van der Waals surface area contributed by atoms with Crippen molar-refractivity contribution in [3.63, 3.8) is 0 Å². The Labute approximate surface area is 354 Å². The number of halogens is 1. The molecule has 10 nitrogen and oxygen atoms in total. The molecule has 60 heavy (non-hydrogen) atoms. The number of fused-ring (bicyclic) bond motifs is 5. The van der Waals surface area contributed by atoms with Crippen molar-refractivity contribution in [3.8, 4) is 16.3 Å². The number of phenolic OH excluding ortho intramolecular Hbond substituents is 1. The number of nitrogens with zero attached hydrogens (tertiary/aromatic N) is 4. The highest BCUT2D eigenvalue weighted by Crippen LogP contribution is 2.64. The number of benzene rings is 4. The number of carbonyl (C=O) groups is 5. The maximum atomic E-state index is 15.2. The second kappa shape index (κ2) is 13.7. The first-order valence-electron chi connectivity index (χ1n) is 20.0. The lowest BCUT2D eigenvalue weighted by Gasteiger charge is -2.49. The van der Waals surface area contributed by atoms with Crippen LogP contribution >= 0.6 is 22.9 Å². The van der Waals surface area contributed by atoms with E-state index in [2.05, 4.69) is 0 Å². The molecule has 1 N–H and O–H groups in total. The lowest BCUT2D eigenvalue weighted by atomic mass is 9.51. The van der Waals surface area contributed by atoms with Gasteiger partial charge in [-0.25, -0.2) is 4.90 Å². The maximum absolute atomic E-state index is 15.2. The zero-order valence-corrected chi connectivity index (χ0v) is 34.8. The topological polar surface area (TPSA) is 130 Å². The summed E-state index contributed by atoms with van der Waals surface area (Å²) in [4.78, 5) is 75.6. The van der Waals surface area contributed by atoms with Crippen molar-refractivity contribution in [1.29, 1.82) is 0 Å². The van der Waals surface area contributed by atoms with Gasteiger partial charge in [0.05, 0.1) is 33.7 Å². The fourth-order valence-corrected chi connectivity index (χ4v) is 11.8. The Hall–Kier alpha value is -6.17. The van der Waals surface area contributed by atoms with Crippen molar-refractivity contribution in [2.45, 2.75) is 39.5 Å². The first-order chi connectivity index (χ1) is 28.8. The molecule has 2 saturated heterocycles. The molecule has 4 aromatic carbocycles. The standard InChI is InChI=1S/C48H39ClN4O6S/c1-24-20-28(12-18-37(24)54)41-31-16-17-32-40(46(58)52(44(32)56)30-14-10-27(11-15-30)42(55)26-8-6-5-7-9-26)34(31)22-35-45(57)53(47(59)48(35,41)3)39-23-36(50-51(39)4)43-25(2)33-21-29(49)13-19-38(33)60-43/h5-16,18-21,23,32,34-35,40-41,54H,17,22H2,1-4H3. The minimum Gasteiger partial charge on any atom is -0.508 e. The Bertz CT molecular complexity index is 2900. The minimum absolute atomic E-state index is 0.103. The van der Waals surface area contributed by atoms with Gasteiger partial charge in [-0.1, -0.05) is 65.7 Å². The molecule has 6 aromatic rings. The van der Waals surface area contributed by atoms with Crippen LogP contribution < -0.4 is 9.80 Å². The number of aromatic hydroxyl groups is 1. The van der Waals surface area contributed by atoms with Crippen molar-refractivity contribution >= 4 is 73.9 Å². The van der Waals surface area contributed by atoms with E-state index in [9.17, 15) is 24.3 Å². The number of aromatic nitrogens is 2. The molecule has 300 valence electrons. The number of anilines is 2. The molecule has 6 atom stereocenters. The van der Waals surface area contributed by atoms with E-state index in [1.54, 1.807) is 96.7 Å². The molecule has 4 aliphatic rings. The van der Waals surface area contributed by atoms with Gasteiger partial charge in [0.2, 0.25) is 23.6 Å². The van der Waals surface area contributed by atoms with Crippen LogP contribution in [0.1, 0.15) is 58.3 Å². The van der Waals surface area contributed by atoms with Crippen LogP contribution in [0.15, 0.2) is 109 Å². The van der Waals surface area contributed by atoms with Crippen LogP contribution in [0.3, 0.4) is 0 Å². The van der Waals surface area contributed by atoms with E-state index in [0.29, 0.717) is 38.9 Å². The normalized spacial score (nSPS) is 24.8. The van der Waals surface area contributed by atoms with E-state index >= 15 is 4.79 Å². The molecule has 0 radical (unpaired) electrons. The Kier molecular flexibility index (Phi) is 8.68. The summed E-state index contributed by atoms with van der Waals surface area (Å²) in [7, 11) is 1.72. The summed E-state index contributed by atoms with van der Waals surface area (Å²) in [6.07, 6.45) is 2.49. The number of imide groups is 2. The molecule has 10 rings (SSSR count). The highest BCUT2D eigenvalue weighted by molar-refractivity contribution is 7.22. The number of phenols is 1. The number of amides is 4. The second-order valence-corrected chi connectivity index (χ2v) is 18.2. The molecule has 3 fully saturated rings. The van der Waals surface area contributed by atoms with Crippen molar-refractivity contribution < 1.29 is 29.1 Å². The molecule has 4 amide bonds. The highest BCUT2D eigenvalue weighted by atomic mass is 35.5. The molecule has 1 saturated carbocycles. The molecule has 4 heterocycles. The van der Waals surface area contributed by atoms with Gasteiger partial charge in [0.15, 0.2) is 5.78 Å². The molecular formula is C48H39ClN4O6S. The number of hydrogen-bond acceptors (Lipinski definition) is 8. The van der Waals surface area contributed by atoms with Crippen molar-refractivity contribution in [1.82, 2.24) is 9.78 Å². The van der Waals surface area contributed by atoms with Gasteiger partial charge < -0.3 is 5.11 Å². The SMILES string of the molecule is Cc1cc(C2C3=CCC4C(=O)N(c5ccc(C(=O)c6ccccc6)cc5)C(=O)C4C3CC3C(=O)N(c4cc(-c5sc6ccc(Cl)cc6c5C)nn4C)C(=O)C32C)ccc1O. The summed E-state index contributed by atoms with van der Waals surface area (Å²) in [6, 6.07) is 28.2. The molecule has 2 aliphatic heterocycles. The van der Waals surface area contributed by atoms with Crippen molar-refractivity contribution in [2.75, 3.05) is 9.80 Å². The zero-order valence-electron chi connectivity index (χ0n) is 33.2. The second-order valence-electron chi connectivity index (χ2n) is 16.7. The monoisotopic (exact) mass is 834 g/mol. The molecule has 12 heteroatoms. The summed E-state index contributed by atoms with van der Waals surface area (Å²) in [5.74, 6) is -4.59. The third-order valence-corrected chi connectivity index (χ3v) is 15.0. The highest BCUT2D eigenvalue weighted by Gasteiger charge is 2.68. The van der Waals surface area contributed by atoms with Gasteiger partial charge in [0.1, 0.15) is 17.3 Å². The quantitative estimate of drug-likeness (QED) is 0.101. The Morgan fingerprint density at radius 1 is 0.850 bits per heavy atom. The van der Waals surface area contributed by atoms with E-state index < -0.39 is 35.0 Å².